The van der Waals surface area contributed by atoms with Crippen molar-refractivity contribution < 1.29 is 9.59 Å². The number of amides is 2. The summed E-state index contributed by atoms with van der Waals surface area (Å²) in [6, 6.07) is 1.95. The number of nitrogens with zero attached hydrogens (tertiary/aromatic N) is 1. The smallest absolute Gasteiger partial charge is 0.248 e. The van der Waals surface area contributed by atoms with Gasteiger partial charge in [-0.05, 0) is 40.7 Å². The second kappa shape index (κ2) is 5.01. The molecule has 18 heavy (non-hydrogen) atoms. The monoisotopic (exact) mass is 330 g/mol. The number of carbonyl (C=O) groups excluding carboxylic acids is 2. The second-order valence-electron chi connectivity index (χ2n) is 4.59. The fraction of sp³-hybridized carbons (Fsp3) is 0.500. The molecule has 0 aromatic carbocycles. The zero-order chi connectivity index (χ0) is 13.3. The van der Waals surface area contributed by atoms with Crippen LogP contribution in [0, 0.1) is 0 Å². The van der Waals surface area contributed by atoms with Crippen molar-refractivity contribution in [3.8, 4) is 0 Å². The molecule has 2 amide bonds. The van der Waals surface area contributed by atoms with Gasteiger partial charge in [0.1, 0.15) is 12.1 Å². The summed E-state index contributed by atoms with van der Waals surface area (Å²) in [5, 5.41) is 4.74. The summed E-state index contributed by atoms with van der Waals surface area (Å²) < 4.78 is 0.990. The standard InChI is InChI=1S/C12H15BrN2O2S/c1-3-12(2)11(17)15(7-10(16)14-12)6-9-8(13)4-5-18-9/h4-5H,3,6-7H2,1-2H3,(H,14,16). The number of nitrogens with one attached hydrogen (secondary N) is 1. The Kier molecular flexibility index (Phi) is 3.77. The van der Waals surface area contributed by atoms with Gasteiger partial charge in [-0.15, -0.1) is 11.3 Å². The number of piperazine rings is 1. The average Bonchev–Trinajstić information content (AvgIpc) is 2.71. The lowest BCUT2D eigenvalue weighted by Crippen LogP contribution is -2.64. The summed E-state index contributed by atoms with van der Waals surface area (Å²) in [4.78, 5) is 26.7. The van der Waals surface area contributed by atoms with Crippen molar-refractivity contribution in [1.29, 1.82) is 0 Å². The molecule has 1 aliphatic heterocycles. The summed E-state index contributed by atoms with van der Waals surface area (Å²) >= 11 is 5.03. The highest BCUT2D eigenvalue weighted by Crippen LogP contribution is 2.26. The van der Waals surface area contributed by atoms with Crippen LogP contribution < -0.4 is 5.32 Å². The third-order valence-electron chi connectivity index (χ3n) is 3.24. The largest absolute Gasteiger partial charge is 0.340 e. The number of hydrogen-bond acceptors (Lipinski definition) is 3. The minimum atomic E-state index is -0.765. The van der Waals surface area contributed by atoms with Crippen LogP contribution in [0.4, 0.5) is 0 Å². The Morgan fingerprint density at radius 2 is 2.28 bits per heavy atom. The zero-order valence-corrected chi connectivity index (χ0v) is 12.7. The van der Waals surface area contributed by atoms with Crippen LogP contribution in [0.1, 0.15) is 25.1 Å². The molecule has 0 saturated carbocycles. The molecule has 98 valence electrons. The van der Waals surface area contributed by atoms with Gasteiger partial charge in [0.25, 0.3) is 0 Å². The van der Waals surface area contributed by atoms with Crippen molar-refractivity contribution in [3.63, 3.8) is 0 Å². The first kappa shape index (κ1) is 13.5. The van der Waals surface area contributed by atoms with Crippen LogP contribution in [0.15, 0.2) is 15.9 Å². The van der Waals surface area contributed by atoms with E-state index in [2.05, 4.69) is 21.2 Å². The molecule has 1 fully saturated rings. The molecule has 6 heteroatoms. The van der Waals surface area contributed by atoms with E-state index in [0.717, 1.165) is 9.35 Å². The number of carbonyl (C=O) groups is 2. The van der Waals surface area contributed by atoms with E-state index in [9.17, 15) is 9.59 Å². The molecule has 0 spiro atoms. The third kappa shape index (κ3) is 2.44. The van der Waals surface area contributed by atoms with Crippen molar-refractivity contribution in [3.05, 3.63) is 20.8 Å². The molecule has 4 nitrogen and oxygen atoms in total. The lowest BCUT2D eigenvalue weighted by molar-refractivity contribution is -0.149. The fourth-order valence-electron chi connectivity index (χ4n) is 1.97. The van der Waals surface area contributed by atoms with Crippen molar-refractivity contribution in [2.45, 2.75) is 32.4 Å². The Morgan fingerprint density at radius 3 is 2.83 bits per heavy atom. The molecule has 1 atom stereocenters. The summed E-state index contributed by atoms with van der Waals surface area (Å²) in [5.41, 5.74) is -0.765. The van der Waals surface area contributed by atoms with E-state index < -0.39 is 5.54 Å². The van der Waals surface area contributed by atoms with E-state index in [0.29, 0.717) is 13.0 Å². The second-order valence-corrected chi connectivity index (χ2v) is 6.44. The fourth-order valence-corrected chi connectivity index (χ4v) is 3.47. The van der Waals surface area contributed by atoms with Gasteiger partial charge in [-0.1, -0.05) is 6.92 Å². The molecule has 1 unspecified atom stereocenters. The van der Waals surface area contributed by atoms with Gasteiger partial charge in [0.05, 0.1) is 6.54 Å². The van der Waals surface area contributed by atoms with Crippen LogP contribution in [-0.4, -0.2) is 28.8 Å². The predicted octanol–water partition coefficient (Wildman–Crippen LogP) is 2.14. The van der Waals surface area contributed by atoms with Crippen molar-refractivity contribution in [2.75, 3.05) is 6.54 Å². The molecule has 2 heterocycles. The maximum Gasteiger partial charge on any atom is 0.248 e. The summed E-state index contributed by atoms with van der Waals surface area (Å²) in [6.07, 6.45) is 0.597. The molecule has 0 bridgehead atoms. The number of rotatable bonds is 3. The normalized spacial score (nSPS) is 24.3. The quantitative estimate of drug-likeness (QED) is 0.923. The van der Waals surface area contributed by atoms with Gasteiger partial charge < -0.3 is 10.2 Å². The van der Waals surface area contributed by atoms with E-state index in [-0.39, 0.29) is 18.4 Å². The Hall–Kier alpha value is -0.880. The van der Waals surface area contributed by atoms with Crippen molar-refractivity contribution in [2.24, 2.45) is 0 Å². The van der Waals surface area contributed by atoms with Crippen LogP contribution in [0.25, 0.3) is 0 Å². The average molecular weight is 331 g/mol. The number of hydrogen-bond donors (Lipinski definition) is 1. The van der Waals surface area contributed by atoms with E-state index in [4.69, 9.17) is 0 Å². The molecular formula is C12H15BrN2O2S. The maximum atomic E-state index is 12.4. The van der Waals surface area contributed by atoms with Gasteiger partial charge in [-0.25, -0.2) is 0 Å². The Balaban J connectivity index is 2.20. The molecule has 0 radical (unpaired) electrons. The Bertz CT molecular complexity index is 488. The molecule has 1 saturated heterocycles. The first-order valence-corrected chi connectivity index (χ1v) is 7.46. The molecule has 2 rings (SSSR count). The highest BCUT2D eigenvalue weighted by molar-refractivity contribution is 9.10. The third-order valence-corrected chi connectivity index (χ3v) is 5.15. The van der Waals surface area contributed by atoms with Crippen LogP contribution in [0.5, 0.6) is 0 Å². The summed E-state index contributed by atoms with van der Waals surface area (Å²) in [5.74, 6) is -0.100. The number of thiophene rings is 1. The van der Waals surface area contributed by atoms with Gasteiger partial charge in [0.2, 0.25) is 11.8 Å². The highest BCUT2D eigenvalue weighted by Gasteiger charge is 2.41. The molecule has 1 aliphatic rings. The lowest BCUT2D eigenvalue weighted by Gasteiger charge is -2.39. The van der Waals surface area contributed by atoms with Gasteiger partial charge in [-0.2, -0.15) is 0 Å². The minimum absolute atomic E-state index is 0.00935. The van der Waals surface area contributed by atoms with Gasteiger partial charge in [0, 0.05) is 9.35 Å². The van der Waals surface area contributed by atoms with Crippen LogP contribution in [0.3, 0.4) is 0 Å². The molecule has 0 aliphatic carbocycles. The van der Waals surface area contributed by atoms with Gasteiger partial charge in [0.15, 0.2) is 0 Å². The maximum absolute atomic E-state index is 12.4. The first-order chi connectivity index (χ1) is 8.46. The number of halogens is 1. The molecule has 1 N–H and O–H groups in total. The summed E-state index contributed by atoms with van der Waals surface area (Å²) in [6.45, 7) is 4.31. The van der Waals surface area contributed by atoms with E-state index >= 15 is 0 Å². The Morgan fingerprint density at radius 1 is 1.56 bits per heavy atom. The van der Waals surface area contributed by atoms with Crippen molar-refractivity contribution in [1.82, 2.24) is 10.2 Å². The zero-order valence-electron chi connectivity index (χ0n) is 10.3. The van der Waals surface area contributed by atoms with Gasteiger partial charge in [-0.3, -0.25) is 9.59 Å². The topological polar surface area (TPSA) is 49.4 Å². The van der Waals surface area contributed by atoms with Crippen molar-refractivity contribution >= 4 is 39.1 Å². The minimum Gasteiger partial charge on any atom is -0.340 e. The molecular weight excluding hydrogens is 316 g/mol. The van der Waals surface area contributed by atoms with E-state index in [1.165, 1.54) is 0 Å². The first-order valence-electron chi connectivity index (χ1n) is 5.78. The van der Waals surface area contributed by atoms with Crippen LogP contribution in [0.2, 0.25) is 0 Å². The van der Waals surface area contributed by atoms with Crippen LogP contribution in [-0.2, 0) is 16.1 Å². The molecule has 1 aromatic heterocycles. The Labute approximate surface area is 118 Å². The highest BCUT2D eigenvalue weighted by atomic mass is 79.9. The SMILES string of the molecule is CCC1(C)NC(=O)CN(Cc2sccc2Br)C1=O. The molecule has 1 aromatic rings. The van der Waals surface area contributed by atoms with E-state index in [1.54, 1.807) is 23.2 Å². The van der Waals surface area contributed by atoms with Crippen LogP contribution >= 0.6 is 27.3 Å². The lowest BCUT2D eigenvalue weighted by atomic mass is 9.94. The predicted molar refractivity (Wildman–Crippen MR) is 74.3 cm³/mol. The summed E-state index contributed by atoms with van der Waals surface area (Å²) in [7, 11) is 0. The van der Waals surface area contributed by atoms with Gasteiger partial charge >= 0.3 is 0 Å². The van der Waals surface area contributed by atoms with E-state index in [1.807, 2.05) is 18.4 Å².